The Labute approximate surface area is 114 Å². The summed E-state index contributed by atoms with van der Waals surface area (Å²) in [6, 6.07) is 0. The number of carbonyl (C=O) groups excluding carboxylic acids is 1. The zero-order valence-corrected chi connectivity index (χ0v) is 12.4. The standard InChI is InChI=1S/C13H24N4O2/c1-10-11(9-17(5)16-10)8-14-6-7-15-12(18)19-13(2,3)4/h9,14H,6-8H2,1-5H3,(H,15,18). The lowest BCUT2D eigenvalue weighted by molar-refractivity contribution is 0.0528. The SMILES string of the molecule is Cc1nn(C)cc1CNCCNC(=O)OC(C)(C)C. The van der Waals surface area contributed by atoms with E-state index in [-0.39, 0.29) is 6.09 Å². The van der Waals surface area contributed by atoms with Crippen molar-refractivity contribution in [2.45, 2.75) is 39.8 Å². The van der Waals surface area contributed by atoms with Gasteiger partial charge in [-0.15, -0.1) is 0 Å². The Hall–Kier alpha value is -1.56. The van der Waals surface area contributed by atoms with Gasteiger partial charge in [-0.25, -0.2) is 4.79 Å². The highest BCUT2D eigenvalue weighted by molar-refractivity contribution is 5.67. The van der Waals surface area contributed by atoms with E-state index in [9.17, 15) is 4.79 Å². The summed E-state index contributed by atoms with van der Waals surface area (Å²) in [5.41, 5.74) is 1.74. The van der Waals surface area contributed by atoms with Gasteiger partial charge in [0.1, 0.15) is 5.60 Å². The van der Waals surface area contributed by atoms with E-state index in [1.165, 1.54) is 5.56 Å². The van der Waals surface area contributed by atoms with E-state index in [2.05, 4.69) is 15.7 Å². The Bertz CT molecular complexity index is 421. The van der Waals surface area contributed by atoms with Crippen molar-refractivity contribution < 1.29 is 9.53 Å². The summed E-state index contributed by atoms with van der Waals surface area (Å²) in [4.78, 5) is 11.4. The van der Waals surface area contributed by atoms with Gasteiger partial charge in [0.15, 0.2) is 0 Å². The van der Waals surface area contributed by atoms with Crippen molar-refractivity contribution in [2.24, 2.45) is 7.05 Å². The predicted molar refractivity (Wildman–Crippen MR) is 73.9 cm³/mol. The summed E-state index contributed by atoms with van der Waals surface area (Å²) in [5.74, 6) is 0. The van der Waals surface area contributed by atoms with Gasteiger partial charge in [-0.2, -0.15) is 5.10 Å². The van der Waals surface area contributed by atoms with E-state index < -0.39 is 5.60 Å². The quantitative estimate of drug-likeness (QED) is 0.791. The van der Waals surface area contributed by atoms with Crippen LogP contribution < -0.4 is 10.6 Å². The van der Waals surface area contributed by atoms with Gasteiger partial charge in [-0.3, -0.25) is 4.68 Å². The van der Waals surface area contributed by atoms with Crippen LogP contribution in [-0.2, 0) is 18.3 Å². The number of carbonyl (C=O) groups is 1. The molecule has 19 heavy (non-hydrogen) atoms. The number of hydrogen-bond donors (Lipinski definition) is 2. The van der Waals surface area contributed by atoms with Crippen molar-refractivity contribution in [1.82, 2.24) is 20.4 Å². The summed E-state index contributed by atoms with van der Waals surface area (Å²) < 4.78 is 6.93. The molecular weight excluding hydrogens is 244 g/mol. The minimum atomic E-state index is -0.454. The van der Waals surface area contributed by atoms with Crippen molar-refractivity contribution in [2.75, 3.05) is 13.1 Å². The lowest BCUT2D eigenvalue weighted by Gasteiger charge is -2.19. The van der Waals surface area contributed by atoms with Crippen LogP contribution in [0, 0.1) is 6.92 Å². The molecule has 0 atom stereocenters. The highest BCUT2D eigenvalue weighted by atomic mass is 16.6. The Morgan fingerprint density at radius 2 is 2.11 bits per heavy atom. The lowest BCUT2D eigenvalue weighted by Crippen LogP contribution is -2.36. The predicted octanol–water partition coefficient (Wildman–Crippen LogP) is 1.34. The van der Waals surface area contributed by atoms with E-state index in [0.717, 1.165) is 12.2 Å². The Morgan fingerprint density at radius 3 is 2.63 bits per heavy atom. The largest absolute Gasteiger partial charge is 0.444 e. The number of aryl methyl sites for hydroxylation is 2. The zero-order chi connectivity index (χ0) is 14.5. The van der Waals surface area contributed by atoms with Crippen LogP contribution in [0.3, 0.4) is 0 Å². The molecule has 108 valence electrons. The second-order valence-electron chi connectivity index (χ2n) is 5.52. The van der Waals surface area contributed by atoms with Gasteiger partial charge < -0.3 is 15.4 Å². The van der Waals surface area contributed by atoms with Gasteiger partial charge in [-0.05, 0) is 27.7 Å². The fraction of sp³-hybridized carbons (Fsp3) is 0.692. The molecule has 0 aromatic carbocycles. The summed E-state index contributed by atoms with van der Waals surface area (Å²) in [5, 5.41) is 10.2. The molecule has 0 unspecified atom stereocenters. The summed E-state index contributed by atoms with van der Waals surface area (Å²) >= 11 is 0. The number of aromatic nitrogens is 2. The van der Waals surface area contributed by atoms with Crippen molar-refractivity contribution in [1.29, 1.82) is 0 Å². The van der Waals surface area contributed by atoms with Crippen LogP contribution in [0.1, 0.15) is 32.0 Å². The molecule has 1 aromatic heterocycles. The van der Waals surface area contributed by atoms with Crippen LogP contribution in [-0.4, -0.2) is 34.6 Å². The van der Waals surface area contributed by atoms with Crippen LogP contribution in [0.15, 0.2) is 6.20 Å². The second kappa shape index (κ2) is 6.56. The number of nitrogens with one attached hydrogen (secondary N) is 2. The summed E-state index contributed by atoms with van der Waals surface area (Å²) in [6.07, 6.45) is 1.61. The molecule has 1 rings (SSSR count). The molecule has 0 spiro atoms. The maximum atomic E-state index is 11.4. The number of hydrogen-bond acceptors (Lipinski definition) is 4. The molecule has 1 amide bonds. The van der Waals surface area contributed by atoms with Crippen molar-refractivity contribution in [3.8, 4) is 0 Å². The first-order chi connectivity index (χ1) is 8.78. The minimum Gasteiger partial charge on any atom is -0.444 e. The van der Waals surface area contributed by atoms with Crippen LogP contribution in [0.2, 0.25) is 0 Å². The fourth-order valence-electron chi connectivity index (χ4n) is 1.61. The summed E-state index contributed by atoms with van der Waals surface area (Å²) in [7, 11) is 1.90. The maximum Gasteiger partial charge on any atom is 0.407 e. The average Bonchev–Trinajstić information content (AvgIpc) is 2.54. The molecule has 0 fully saturated rings. The van der Waals surface area contributed by atoms with Gasteiger partial charge >= 0.3 is 6.09 Å². The number of nitrogens with zero attached hydrogens (tertiary/aromatic N) is 2. The third-order valence-electron chi connectivity index (χ3n) is 2.40. The highest BCUT2D eigenvalue weighted by Crippen LogP contribution is 2.06. The maximum absolute atomic E-state index is 11.4. The first-order valence-corrected chi connectivity index (χ1v) is 6.44. The lowest BCUT2D eigenvalue weighted by atomic mass is 10.2. The van der Waals surface area contributed by atoms with Crippen molar-refractivity contribution >= 4 is 6.09 Å². The highest BCUT2D eigenvalue weighted by Gasteiger charge is 2.15. The first kappa shape index (κ1) is 15.5. The van der Waals surface area contributed by atoms with E-state index in [1.807, 2.05) is 40.9 Å². The number of rotatable bonds is 5. The molecule has 0 saturated carbocycles. The normalized spacial score (nSPS) is 11.4. The monoisotopic (exact) mass is 268 g/mol. The fourth-order valence-corrected chi connectivity index (χ4v) is 1.61. The topological polar surface area (TPSA) is 68.2 Å². The average molecular weight is 268 g/mol. The molecule has 1 heterocycles. The van der Waals surface area contributed by atoms with Crippen molar-refractivity contribution in [3.05, 3.63) is 17.5 Å². The molecule has 0 bridgehead atoms. The summed E-state index contributed by atoms with van der Waals surface area (Å²) in [6.45, 7) is 9.48. The molecule has 2 N–H and O–H groups in total. The second-order valence-corrected chi connectivity index (χ2v) is 5.52. The zero-order valence-electron chi connectivity index (χ0n) is 12.4. The first-order valence-electron chi connectivity index (χ1n) is 6.44. The molecule has 0 radical (unpaired) electrons. The Kier molecular flexibility index (Phi) is 5.35. The third kappa shape index (κ3) is 6.24. The number of amides is 1. The van der Waals surface area contributed by atoms with E-state index in [4.69, 9.17) is 4.74 Å². The minimum absolute atomic E-state index is 0.383. The van der Waals surface area contributed by atoms with E-state index in [0.29, 0.717) is 13.1 Å². The molecular formula is C13H24N4O2. The smallest absolute Gasteiger partial charge is 0.407 e. The molecule has 0 saturated heterocycles. The van der Waals surface area contributed by atoms with Crippen LogP contribution in [0.25, 0.3) is 0 Å². The molecule has 6 nitrogen and oxygen atoms in total. The van der Waals surface area contributed by atoms with Gasteiger partial charge in [0.25, 0.3) is 0 Å². The molecule has 6 heteroatoms. The van der Waals surface area contributed by atoms with Crippen LogP contribution in [0.5, 0.6) is 0 Å². The van der Waals surface area contributed by atoms with Gasteiger partial charge in [-0.1, -0.05) is 0 Å². The van der Waals surface area contributed by atoms with E-state index in [1.54, 1.807) is 4.68 Å². The Balaban J connectivity index is 2.15. The van der Waals surface area contributed by atoms with Crippen molar-refractivity contribution in [3.63, 3.8) is 0 Å². The third-order valence-corrected chi connectivity index (χ3v) is 2.40. The molecule has 0 aliphatic heterocycles. The molecule has 1 aromatic rings. The number of alkyl carbamates (subject to hydrolysis) is 1. The van der Waals surface area contributed by atoms with Gasteiger partial charge in [0.2, 0.25) is 0 Å². The van der Waals surface area contributed by atoms with Gasteiger partial charge in [0, 0.05) is 38.4 Å². The van der Waals surface area contributed by atoms with E-state index >= 15 is 0 Å². The van der Waals surface area contributed by atoms with Crippen LogP contribution >= 0.6 is 0 Å². The van der Waals surface area contributed by atoms with Crippen LogP contribution in [0.4, 0.5) is 4.79 Å². The van der Waals surface area contributed by atoms with Gasteiger partial charge in [0.05, 0.1) is 5.69 Å². The molecule has 0 aliphatic carbocycles. The Morgan fingerprint density at radius 1 is 1.42 bits per heavy atom. The number of ether oxygens (including phenoxy) is 1. The molecule has 0 aliphatic rings.